The van der Waals surface area contributed by atoms with Crippen molar-refractivity contribution in [2.75, 3.05) is 5.32 Å². The van der Waals surface area contributed by atoms with Crippen LogP contribution in [0.2, 0.25) is 0 Å². The Morgan fingerprint density at radius 1 is 1.15 bits per heavy atom. The molecule has 0 aliphatic heterocycles. The van der Waals surface area contributed by atoms with Crippen LogP contribution in [0.1, 0.15) is 16.3 Å². The van der Waals surface area contributed by atoms with Crippen LogP contribution < -0.4 is 10.9 Å². The van der Waals surface area contributed by atoms with Crippen LogP contribution in [0.3, 0.4) is 0 Å². The van der Waals surface area contributed by atoms with Crippen LogP contribution in [0.4, 0.5) is 5.69 Å². The van der Waals surface area contributed by atoms with E-state index in [1.54, 1.807) is 18.2 Å². The Labute approximate surface area is 157 Å². The number of hydrogen-bond acceptors (Lipinski definition) is 5. The van der Waals surface area contributed by atoms with Crippen molar-refractivity contribution in [3.8, 4) is 0 Å². The molecule has 2 aromatic heterocycles. The molecule has 2 N–H and O–H groups in total. The van der Waals surface area contributed by atoms with Crippen LogP contribution in [0.25, 0.3) is 0 Å². The van der Waals surface area contributed by atoms with Gasteiger partial charge in [-0.05, 0) is 46.3 Å². The van der Waals surface area contributed by atoms with E-state index in [1.807, 2.05) is 0 Å². The summed E-state index contributed by atoms with van der Waals surface area (Å²) >= 11 is 3.19. The number of anilines is 1. The van der Waals surface area contributed by atoms with Gasteiger partial charge in [0, 0.05) is 10.7 Å². The molecule has 0 saturated carbocycles. The van der Waals surface area contributed by atoms with Crippen LogP contribution in [0, 0.1) is 0 Å². The zero-order valence-corrected chi connectivity index (χ0v) is 15.6. The zero-order valence-electron chi connectivity index (χ0n) is 13.2. The summed E-state index contributed by atoms with van der Waals surface area (Å²) in [6.45, 7) is 0. The van der Waals surface area contributed by atoms with Gasteiger partial charge in [0.15, 0.2) is 15.6 Å². The smallest absolute Gasteiger partial charge is 0.291 e. The molecule has 0 aliphatic rings. The number of H-pyrrole nitrogens is 1. The van der Waals surface area contributed by atoms with Crippen molar-refractivity contribution in [3.63, 3.8) is 0 Å². The lowest BCUT2D eigenvalue weighted by molar-refractivity contribution is 0.0995. The lowest BCUT2D eigenvalue weighted by atomic mass is 10.3. The molecule has 9 heteroatoms. The van der Waals surface area contributed by atoms with Crippen LogP contribution in [-0.4, -0.2) is 19.3 Å². The van der Waals surface area contributed by atoms with Gasteiger partial charge in [-0.1, -0.05) is 18.2 Å². The molecule has 0 atom stereocenters. The quantitative estimate of drug-likeness (QED) is 0.638. The SMILES string of the molecule is O=C(Nc1cc(Br)c[nH]c1=O)c1ccc(CS(=O)(=O)c2ccccc2)o1. The van der Waals surface area contributed by atoms with Crippen molar-refractivity contribution in [1.29, 1.82) is 0 Å². The molecule has 0 unspecified atom stereocenters. The van der Waals surface area contributed by atoms with E-state index >= 15 is 0 Å². The highest BCUT2D eigenvalue weighted by atomic mass is 79.9. The Bertz CT molecular complexity index is 1100. The molecule has 2 heterocycles. The molecule has 1 aromatic carbocycles. The number of rotatable bonds is 5. The highest BCUT2D eigenvalue weighted by Crippen LogP contribution is 2.19. The van der Waals surface area contributed by atoms with Gasteiger partial charge in [-0.3, -0.25) is 9.59 Å². The topological polar surface area (TPSA) is 109 Å². The van der Waals surface area contributed by atoms with Crippen LogP contribution in [0.5, 0.6) is 0 Å². The summed E-state index contributed by atoms with van der Waals surface area (Å²) in [4.78, 5) is 26.5. The first-order chi connectivity index (χ1) is 12.3. The first kappa shape index (κ1) is 18.2. The molecule has 7 nitrogen and oxygen atoms in total. The van der Waals surface area contributed by atoms with E-state index in [0.29, 0.717) is 4.47 Å². The highest BCUT2D eigenvalue weighted by Gasteiger charge is 2.19. The minimum Gasteiger partial charge on any atom is -0.455 e. The van der Waals surface area contributed by atoms with Gasteiger partial charge in [-0.2, -0.15) is 0 Å². The van der Waals surface area contributed by atoms with Crippen LogP contribution in [0.15, 0.2) is 73.3 Å². The molecule has 1 amide bonds. The van der Waals surface area contributed by atoms with Crippen molar-refractivity contribution in [2.45, 2.75) is 10.6 Å². The predicted molar refractivity (Wildman–Crippen MR) is 98.8 cm³/mol. The maximum absolute atomic E-state index is 12.3. The van der Waals surface area contributed by atoms with Crippen molar-refractivity contribution in [2.24, 2.45) is 0 Å². The molecule has 0 spiro atoms. The summed E-state index contributed by atoms with van der Waals surface area (Å²) in [5, 5.41) is 2.42. The lowest BCUT2D eigenvalue weighted by Crippen LogP contribution is -2.19. The fourth-order valence-electron chi connectivity index (χ4n) is 2.21. The van der Waals surface area contributed by atoms with Gasteiger partial charge in [0.2, 0.25) is 0 Å². The molecular weight excluding hydrogens is 424 g/mol. The number of nitrogens with one attached hydrogen (secondary N) is 2. The number of hydrogen-bond donors (Lipinski definition) is 2. The molecule has 0 fully saturated rings. The number of carbonyl (C=O) groups excluding carboxylic acids is 1. The molecule has 0 saturated heterocycles. The fourth-order valence-corrected chi connectivity index (χ4v) is 3.82. The van der Waals surface area contributed by atoms with Gasteiger partial charge in [-0.15, -0.1) is 0 Å². The Morgan fingerprint density at radius 3 is 2.62 bits per heavy atom. The van der Waals surface area contributed by atoms with E-state index < -0.39 is 21.3 Å². The molecule has 134 valence electrons. The molecule has 3 rings (SSSR count). The second-order valence-electron chi connectivity index (χ2n) is 5.35. The fraction of sp³-hybridized carbons (Fsp3) is 0.0588. The maximum atomic E-state index is 12.3. The third-order valence-corrected chi connectivity index (χ3v) is 5.55. The number of pyridine rings is 1. The molecule has 0 aliphatic carbocycles. The van der Waals surface area contributed by atoms with Gasteiger partial charge in [0.1, 0.15) is 17.2 Å². The Kier molecular flexibility index (Phi) is 5.10. The Hall–Kier alpha value is -2.65. The maximum Gasteiger partial charge on any atom is 0.291 e. The predicted octanol–water partition coefficient (Wildman–Crippen LogP) is 2.96. The summed E-state index contributed by atoms with van der Waals surface area (Å²) in [5.41, 5.74) is -0.431. The summed E-state index contributed by atoms with van der Waals surface area (Å²) in [6, 6.07) is 12.2. The standard InChI is InChI=1S/C17H13BrN2O5S/c18-11-8-14(16(21)19-9-11)20-17(22)15-7-6-12(25-15)10-26(23,24)13-4-2-1-3-5-13/h1-9H,10H2,(H,19,21)(H,20,22). The number of benzene rings is 1. The van der Waals surface area contributed by atoms with Crippen LogP contribution >= 0.6 is 15.9 Å². The summed E-state index contributed by atoms with van der Waals surface area (Å²) < 4.78 is 30.6. The second-order valence-corrected chi connectivity index (χ2v) is 8.26. The molecule has 26 heavy (non-hydrogen) atoms. The molecule has 3 aromatic rings. The summed E-state index contributed by atoms with van der Waals surface area (Å²) in [7, 11) is -3.58. The monoisotopic (exact) mass is 436 g/mol. The van der Waals surface area contributed by atoms with Gasteiger partial charge in [0.05, 0.1) is 4.90 Å². The number of furan rings is 1. The zero-order chi connectivity index (χ0) is 18.7. The number of aromatic amines is 1. The average Bonchev–Trinajstić information content (AvgIpc) is 3.07. The Balaban J connectivity index is 1.76. The first-order valence-corrected chi connectivity index (χ1v) is 9.86. The first-order valence-electron chi connectivity index (χ1n) is 7.41. The van der Waals surface area contributed by atoms with Gasteiger partial charge >= 0.3 is 0 Å². The minimum absolute atomic E-state index is 0.0410. The van der Waals surface area contributed by atoms with E-state index in [9.17, 15) is 18.0 Å². The van der Waals surface area contributed by atoms with Crippen molar-refractivity contribution >= 4 is 37.4 Å². The van der Waals surface area contributed by atoms with E-state index in [2.05, 4.69) is 26.2 Å². The highest BCUT2D eigenvalue weighted by molar-refractivity contribution is 9.10. The molecular formula is C17H13BrN2O5S. The number of carbonyl (C=O) groups is 1. The molecule has 0 radical (unpaired) electrons. The number of sulfone groups is 1. The average molecular weight is 437 g/mol. The third-order valence-electron chi connectivity index (χ3n) is 3.44. The number of amides is 1. The largest absolute Gasteiger partial charge is 0.455 e. The Morgan fingerprint density at radius 2 is 1.88 bits per heavy atom. The number of aromatic nitrogens is 1. The molecule has 0 bridgehead atoms. The van der Waals surface area contributed by atoms with Gasteiger partial charge in [-0.25, -0.2) is 8.42 Å². The van der Waals surface area contributed by atoms with E-state index in [0.717, 1.165) is 0 Å². The summed E-state index contributed by atoms with van der Waals surface area (Å²) in [6.07, 6.45) is 1.44. The second kappa shape index (κ2) is 7.30. The van der Waals surface area contributed by atoms with E-state index in [4.69, 9.17) is 4.42 Å². The van der Waals surface area contributed by atoms with Crippen LogP contribution in [-0.2, 0) is 15.6 Å². The lowest BCUT2D eigenvalue weighted by Gasteiger charge is -2.03. The third kappa shape index (κ3) is 4.12. The minimum atomic E-state index is -3.58. The van der Waals surface area contributed by atoms with E-state index in [1.165, 1.54) is 36.5 Å². The van der Waals surface area contributed by atoms with Crippen molar-refractivity contribution < 1.29 is 17.6 Å². The van der Waals surface area contributed by atoms with Crippen molar-refractivity contribution in [1.82, 2.24) is 4.98 Å². The van der Waals surface area contributed by atoms with Crippen molar-refractivity contribution in [3.05, 3.63) is 81.1 Å². The summed E-state index contributed by atoms with van der Waals surface area (Å²) in [5.74, 6) is -0.997. The van der Waals surface area contributed by atoms with Gasteiger partial charge in [0.25, 0.3) is 11.5 Å². The number of halogens is 1. The van der Waals surface area contributed by atoms with Gasteiger partial charge < -0.3 is 14.7 Å². The van der Waals surface area contributed by atoms with E-state index in [-0.39, 0.29) is 27.9 Å². The normalized spacial score (nSPS) is 11.3.